The van der Waals surface area contributed by atoms with Gasteiger partial charge in [0.2, 0.25) is 10.0 Å². The van der Waals surface area contributed by atoms with Gasteiger partial charge in [0.25, 0.3) is 5.91 Å². The van der Waals surface area contributed by atoms with Crippen LogP contribution in [0.25, 0.3) is 0 Å². The van der Waals surface area contributed by atoms with Crippen LogP contribution in [-0.2, 0) is 14.8 Å². The van der Waals surface area contributed by atoms with E-state index in [1.54, 1.807) is 19.1 Å². The minimum Gasteiger partial charge on any atom is -0.483 e. The van der Waals surface area contributed by atoms with E-state index in [2.05, 4.69) is 26.0 Å². The summed E-state index contributed by atoms with van der Waals surface area (Å²) in [6, 6.07) is 8.45. The van der Waals surface area contributed by atoms with Crippen LogP contribution in [0.1, 0.15) is 30.5 Å². The largest absolute Gasteiger partial charge is 0.483 e. The smallest absolute Gasteiger partial charge is 0.262 e. The highest BCUT2D eigenvalue weighted by Crippen LogP contribution is 2.25. The van der Waals surface area contributed by atoms with Gasteiger partial charge in [-0.15, -0.1) is 0 Å². The van der Waals surface area contributed by atoms with Crippen molar-refractivity contribution in [3.63, 3.8) is 0 Å². The zero-order chi connectivity index (χ0) is 21.8. The third kappa shape index (κ3) is 6.55. The molecule has 2 rings (SSSR count). The van der Waals surface area contributed by atoms with Crippen LogP contribution in [0.4, 0.5) is 5.69 Å². The van der Waals surface area contributed by atoms with Gasteiger partial charge in [0, 0.05) is 16.7 Å². The van der Waals surface area contributed by atoms with E-state index in [1.165, 1.54) is 6.07 Å². The Bertz CT molecular complexity index is 981. The van der Waals surface area contributed by atoms with Gasteiger partial charge in [-0.1, -0.05) is 29.8 Å². The fourth-order valence-electron chi connectivity index (χ4n) is 2.74. The molecule has 158 valence electrons. The average Bonchev–Trinajstić information content (AvgIpc) is 2.62. The van der Waals surface area contributed by atoms with E-state index >= 15 is 0 Å². The topological polar surface area (TPSA) is 84.5 Å². The highest BCUT2D eigenvalue weighted by molar-refractivity contribution is 9.10. The van der Waals surface area contributed by atoms with Crippen molar-refractivity contribution >= 4 is 37.5 Å². The van der Waals surface area contributed by atoms with Crippen LogP contribution in [-0.4, -0.2) is 27.5 Å². The van der Waals surface area contributed by atoms with Crippen molar-refractivity contribution in [2.75, 3.05) is 18.5 Å². The number of aryl methyl sites for hydroxylation is 3. The molecular formula is C21H27BrN2O4S. The number of carbonyl (C=O) groups excluding carboxylic acids is 1. The Morgan fingerprint density at radius 1 is 1.07 bits per heavy atom. The Morgan fingerprint density at radius 3 is 2.24 bits per heavy atom. The Kier molecular flexibility index (Phi) is 7.85. The Labute approximate surface area is 181 Å². The number of nitrogens with one attached hydrogen (secondary N) is 2. The Hall–Kier alpha value is -1.90. The van der Waals surface area contributed by atoms with Crippen LogP contribution < -0.4 is 14.8 Å². The van der Waals surface area contributed by atoms with Crippen molar-refractivity contribution in [3.8, 4) is 5.75 Å². The molecule has 0 saturated carbocycles. The van der Waals surface area contributed by atoms with Crippen LogP contribution in [0.3, 0.4) is 0 Å². The molecule has 2 N–H and O–H groups in total. The Morgan fingerprint density at radius 2 is 1.69 bits per heavy atom. The van der Waals surface area contributed by atoms with E-state index in [1.807, 2.05) is 39.8 Å². The maximum absolute atomic E-state index is 12.3. The molecule has 0 saturated heterocycles. The highest BCUT2D eigenvalue weighted by Gasteiger charge is 2.16. The molecular weight excluding hydrogens is 456 g/mol. The monoisotopic (exact) mass is 482 g/mol. The van der Waals surface area contributed by atoms with Crippen molar-refractivity contribution in [1.82, 2.24) is 4.72 Å². The van der Waals surface area contributed by atoms with Gasteiger partial charge in [0.15, 0.2) is 6.61 Å². The average molecular weight is 483 g/mol. The van der Waals surface area contributed by atoms with E-state index in [0.717, 1.165) is 21.3 Å². The van der Waals surface area contributed by atoms with Gasteiger partial charge < -0.3 is 10.1 Å². The minimum absolute atomic E-state index is 0.173. The zero-order valence-electron chi connectivity index (χ0n) is 17.3. The third-order valence-corrected chi connectivity index (χ3v) is 6.14. The van der Waals surface area contributed by atoms with Crippen LogP contribution in [0.2, 0.25) is 0 Å². The second kappa shape index (κ2) is 9.73. The molecule has 0 unspecified atom stereocenters. The first-order valence-corrected chi connectivity index (χ1v) is 11.6. The summed E-state index contributed by atoms with van der Waals surface area (Å²) in [7, 11) is -3.57. The molecule has 1 amide bonds. The normalized spacial score (nSPS) is 11.6. The molecule has 0 bridgehead atoms. The van der Waals surface area contributed by atoms with E-state index in [9.17, 15) is 13.2 Å². The van der Waals surface area contributed by atoms with Gasteiger partial charge >= 0.3 is 0 Å². The lowest BCUT2D eigenvalue weighted by molar-refractivity contribution is -0.118. The first-order valence-electron chi connectivity index (χ1n) is 9.29. The van der Waals surface area contributed by atoms with E-state index in [0.29, 0.717) is 17.9 Å². The van der Waals surface area contributed by atoms with E-state index < -0.39 is 10.0 Å². The van der Waals surface area contributed by atoms with Gasteiger partial charge in [-0.05, 0) is 73.7 Å². The minimum atomic E-state index is -3.57. The lowest BCUT2D eigenvalue weighted by Crippen LogP contribution is -2.27. The molecule has 0 atom stereocenters. The predicted octanol–water partition coefficient (Wildman–Crippen LogP) is 4.33. The molecule has 0 aromatic heterocycles. The number of benzene rings is 2. The third-order valence-electron chi connectivity index (χ3n) is 4.26. The van der Waals surface area contributed by atoms with Gasteiger partial charge in [-0.2, -0.15) is 0 Å². The molecule has 0 heterocycles. The summed E-state index contributed by atoms with van der Waals surface area (Å²) in [5, 5.41) is 2.87. The SMILES string of the molecule is Cc1cc(S(=O)(=O)NCC(C)C)ccc1OCC(=O)Nc1c(C)cc(Br)cc1C. The molecule has 2 aromatic rings. The number of sulfonamides is 1. The molecule has 0 fully saturated rings. The second-order valence-corrected chi connectivity index (χ2v) is 10.1. The zero-order valence-corrected chi connectivity index (χ0v) is 19.7. The number of ether oxygens (including phenoxy) is 1. The molecule has 0 radical (unpaired) electrons. The molecule has 8 heteroatoms. The number of amides is 1. The number of anilines is 1. The second-order valence-electron chi connectivity index (χ2n) is 7.42. The van der Waals surface area contributed by atoms with E-state index in [4.69, 9.17) is 4.74 Å². The lowest BCUT2D eigenvalue weighted by atomic mass is 10.1. The summed E-state index contributed by atoms with van der Waals surface area (Å²) in [5.41, 5.74) is 3.30. The molecule has 6 nitrogen and oxygen atoms in total. The van der Waals surface area contributed by atoms with Gasteiger partial charge in [0.1, 0.15) is 5.75 Å². The summed E-state index contributed by atoms with van der Waals surface area (Å²) in [4.78, 5) is 12.5. The quantitative estimate of drug-likeness (QED) is 0.586. The molecule has 29 heavy (non-hydrogen) atoms. The predicted molar refractivity (Wildman–Crippen MR) is 119 cm³/mol. The molecule has 0 aliphatic rings. The first kappa shape index (κ1) is 23.4. The number of halogens is 1. The van der Waals surface area contributed by atoms with Gasteiger partial charge in [-0.25, -0.2) is 13.1 Å². The van der Waals surface area contributed by atoms with Crippen molar-refractivity contribution in [2.24, 2.45) is 5.92 Å². The summed E-state index contributed by atoms with van der Waals surface area (Å²) < 4.78 is 33.8. The summed E-state index contributed by atoms with van der Waals surface area (Å²) in [6.45, 7) is 9.66. The molecule has 0 aliphatic carbocycles. The van der Waals surface area contributed by atoms with Crippen molar-refractivity contribution < 1.29 is 17.9 Å². The van der Waals surface area contributed by atoms with Crippen molar-refractivity contribution in [2.45, 2.75) is 39.5 Å². The van der Waals surface area contributed by atoms with Gasteiger partial charge in [0.05, 0.1) is 4.90 Å². The molecule has 2 aromatic carbocycles. The maximum Gasteiger partial charge on any atom is 0.262 e. The van der Waals surface area contributed by atoms with Crippen LogP contribution in [0.5, 0.6) is 5.75 Å². The molecule has 0 spiro atoms. The highest BCUT2D eigenvalue weighted by atomic mass is 79.9. The standard InChI is InChI=1S/C21H27BrN2O4S/c1-13(2)11-23-29(26,27)18-6-7-19(14(3)10-18)28-12-20(25)24-21-15(4)8-17(22)9-16(21)5/h6-10,13,23H,11-12H2,1-5H3,(H,24,25). The Balaban J connectivity index is 2.03. The summed E-state index contributed by atoms with van der Waals surface area (Å²) >= 11 is 3.43. The number of rotatable bonds is 8. The van der Waals surface area contributed by atoms with Crippen LogP contribution in [0, 0.1) is 26.7 Å². The van der Waals surface area contributed by atoms with Crippen molar-refractivity contribution in [1.29, 1.82) is 0 Å². The fourth-order valence-corrected chi connectivity index (χ4v) is 4.72. The van der Waals surface area contributed by atoms with Crippen LogP contribution in [0.15, 0.2) is 39.7 Å². The lowest BCUT2D eigenvalue weighted by Gasteiger charge is -2.14. The number of hydrogen-bond acceptors (Lipinski definition) is 4. The van der Waals surface area contributed by atoms with E-state index in [-0.39, 0.29) is 23.3 Å². The van der Waals surface area contributed by atoms with Crippen LogP contribution >= 0.6 is 15.9 Å². The maximum atomic E-state index is 12.3. The van der Waals surface area contributed by atoms with Gasteiger partial charge in [-0.3, -0.25) is 4.79 Å². The van der Waals surface area contributed by atoms with Crippen molar-refractivity contribution in [3.05, 3.63) is 51.5 Å². The number of hydrogen-bond donors (Lipinski definition) is 2. The fraction of sp³-hybridized carbons (Fsp3) is 0.381. The molecule has 0 aliphatic heterocycles. The summed E-state index contributed by atoms with van der Waals surface area (Å²) in [6.07, 6.45) is 0. The number of carbonyl (C=O) groups is 1. The summed E-state index contributed by atoms with van der Waals surface area (Å²) in [5.74, 6) is 0.394. The first-order chi connectivity index (χ1) is 13.5.